The van der Waals surface area contributed by atoms with Crippen LogP contribution in [-0.2, 0) is 23.5 Å². The molecule has 2 unspecified atom stereocenters. The molecule has 0 saturated carbocycles. The summed E-state index contributed by atoms with van der Waals surface area (Å²) in [6, 6.07) is 0. The second-order valence-corrected chi connectivity index (χ2v) is 5.16. The number of carboxylic acids is 2. The van der Waals surface area contributed by atoms with Crippen LogP contribution in [0.25, 0.3) is 0 Å². The van der Waals surface area contributed by atoms with Gasteiger partial charge in [-0.2, -0.15) is 0 Å². The first-order valence-corrected chi connectivity index (χ1v) is 7.15. The minimum Gasteiger partial charge on any atom is -0.756 e. The van der Waals surface area contributed by atoms with Gasteiger partial charge >= 0.3 is 65.1 Å². The topological polar surface area (TPSA) is 188 Å². The van der Waals surface area contributed by atoms with Crippen LogP contribution in [0.1, 0.15) is 19.3 Å². The van der Waals surface area contributed by atoms with E-state index in [1.54, 1.807) is 0 Å². The Bertz CT molecular complexity index is 428. The van der Waals surface area contributed by atoms with Crippen LogP contribution in [0, 0.1) is 5.92 Å². The molecule has 14 heteroatoms. The number of rotatable bonds is 10. The van der Waals surface area contributed by atoms with Crippen molar-refractivity contribution in [1.29, 1.82) is 0 Å². The summed E-state index contributed by atoms with van der Waals surface area (Å²) in [6.07, 6.45) is -0.119. The maximum atomic E-state index is 11.1. The van der Waals surface area contributed by atoms with Crippen LogP contribution in [0.3, 0.4) is 0 Å². The van der Waals surface area contributed by atoms with Gasteiger partial charge in [0.1, 0.15) is 6.61 Å². The van der Waals surface area contributed by atoms with E-state index in [2.05, 4.69) is 4.52 Å². The van der Waals surface area contributed by atoms with Gasteiger partial charge in [-0.15, -0.1) is 0 Å². The molecule has 3 N–H and O–H groups in total. The van der Waals surface area contributed by atoms with Crippen molar-refractivity contribution >= 4 is 25.7 Å². The summed E-state index contributed by atoms with van der Waals surface area (Å²) in [5.41, 5.74) is 0. The molecular weight excluding hydrogens is 359 g/mol. The Kier molecular flexibility index (Phi) is 16.9. The van der Waals surface area contributed by atoms with Crippen LogP contribution in [-0.4, -0.2) is 51.3 Å². The minimum absolute atomic E-state index is 0. The van der Waals surface area contributed by atoms with Crippen LogP contribution in [0.4, 0.5) is 0 Å². The zero-order valence-corrected chi connectivity index (χ0v) is 17.6. The fourth-order valence-corrected chi connectivity index (χ4v) is 1.56. The van der Waals surface area contributed by atoms with Crippen molar-refractivity contribution in [1.82, 2.24) is 5.06 Å². The van der Waals surface area contributed by atoms with Gasteiger partial charge in [-0.1, -0.05) is 6.42 Å². The second kappa shape index (κ2) is 13.7. The zero-order chi connectivity index (χ0) is 16.6. The molecule has 0 rings (SSSR count). The van der Waals surface area contributed by atoms with Crippen molar-refractivity contribution in [3.63, 3.8) is 0 Å². The monoisotopic (exact) mass is 373 g/mol. The fourth-order valence-electron chi connectivity index (χ4n) is 1.29. The molecule has 0 aliphatic heterocycles. The number of phosphoric acid groups is 1. The minimum atomic E-state index is -5.07. The first-order chi connectivity index (χ1) is 9.54. The van der Waals surface area contributed by atoms with Crippen molar-refractivity contribution in [2.45, 2.75) is 19.3 Å². The molecule has 0 spiro atoms. The largest absolute Gasteiger partial charge is 1.00 e. The van der Waals surface area contributed by atoms with E-state index < -0.39 is 38.2 Å². The zero-order valence-electron chi connectivity index (χ0n) is 12.7. The maximum Gasteiger partial charge on any atom is 1.00 e. The number of carboxylic acid groups (broad SMARTS) is 2. The third-order valence-corrected chi connectivity index (χ3v) is 2.79. The Hall–Kier alpha value is 0.480. The van der Waals surface area contributed by atoms with E-state index in [0.29, 0.717) is 0 Å². The van der Waals surface area contributed by atoms with Gasteiger partial charge in [0.25, 0.3) is 13.7 Å². The van der Waals surface area contributed by atoms with Crippen molar-refractivity contribution in [2.75, 3.05) is 13.2 Å². The Morgan fingerprint density at radius 3 is 2.13 bits per heavy atom. The van der Waals surface area contributed by atoms with E-state index in [1.165, 1.54) is 0 Å². The molecule has 0 aliphatic carbocycles. The normalized spacial score (nSPS) is 13.7. The predicted molar refractivity (Wildman–Crippen MR) is 59.3 cm³/mol. The molecule has 2 atom stereocenters. The number of hydroxylamine groups is 2. The number of unbranched alkanes of at least 4 members (excludes halogenated alkanes) is 1. The second-order valence-electron chi connectivity index (χ2n) is 3.96. The number of hydrogen-bond acceptors (Lipinski definition) is 8. The first kappa shape index (κ1) is 28.3. The fraction of sp³-hybridized carbons (Fsp3) is 0.667. The first-order valence-electron chi connectivity index (χ1n) is 5.66. The van der Waals surface area contributed by atoms with Crippen LogP contribution in [0.2, 0.25) is 0 Å². The summed E-state index contributed by atoms with van der Waals surface area (Å²) < 4.78 is 14.0. The summed E-state index contributed by atoms with van der Waals surface area (Å²) in [4.78, 5) is 50.5. The molecule has 1 amide bonds. The molecule has 0 saturated heterocycles. The van der Waals surface area contributed by atoms with Gasteiger partial charge in [0.15, 0.2) is 0 Å². The van der Waals surface area contributed by atoms with Crippen molar-refractivity contribution in [3.8, 4) is 0 Å². The van der Waals surface area contributed by atoms with Gasteiger partial charge in [0.05, 0.1) is 11.9 Å². The standard InChI is InChI=1S/C9H16NO10P.2Na/c11-7(5-20-21(17,18)19)10(16)4-2-1-3-6(8(12)13)9(14)15;;/h6,16H,1-5H2,(H,12,13)(H,14,15)(H2,17,18,19);;/q;2*+1/p-2. The molecule has 23 heavy (non-hydrogen) atoms. The Morgan fingerprint density at radius 2 is 1.74 bits per heavy atom. The third-order valence-electron chi connectivity index (χ3n) is 2.33. The van der Waals surface area contributed by atoms with Gasteiger partial charge in [0.2, 0.25) is 0 Å². The smallest absolute Gasteiger partial charge is 0.756 e. The van der Waals surface area contributed by atoms with Gasteiger partial charge < -0.3 is 29.3 Å². The van der Waals surface area contributed by atoms with Crippen molar-refractivity contribution in [3.05, 3.63) is 0 Å². The number of aliphatic carboxylic acids is 2. The quantitative estimate of drug-likeness (QED) is 0.0828. The number of amides is 1. The maximum absolute atomic E-state index is 11.1. The Balaban J connectivity index is -0.00000200. The van der Waals surface area contributed by atoms with Crippen molar-refractivity contribution < 1.29 is 108 Å². The summed E-state index contributed by atoms with van der Waals surface area (Å²) in [5, 5.41) is 28.3. The van der Waals surface area contributed by atoms with Gasteiger partial charge in [-0.25, -0.2) is 5.06 Å². The van der Waals surface area contributed by atoms with E-state index >= 15 is 0 Å². The summed E-state index contributed by atoms with van der Waals surface area (Å²) in [7, 11) is -5.07. The molecule has 0 heterocycles. The molecule has 122 valence electrons. The number of carbonyl (C=O) groups is 3. The average molecular weight is 373 g/mol. The van der Waals surface area contributed by atoms with Gasteiger partial charge in [-0.3, -0.25) is 19.4 Å². The average Bonchev–Trinajstić information content (AvgIpc) is 2.33. The summed E-state index contributed by atoms with van der Waals surface area (Å²) >= 11 is 0. The molecular formula is C9H14NNa2O10P. The number of carbonyl (C=O) groups excluding carboxylic acids is 2. The van der Waals surface area contributed by atoms with Crippen LogP contribution < -0.4 is 69.1 Å². The number of phosphoric ester groups is 1. The number of hydrogen-bond donors (Lipinski definition) is 3. The van der Waals surface area contributed by atoms with E-state index in [4.69, 9.17) is 10.00 Å². The van der Waals surface area contributed by atoms with Crippen LogP contribution in [0.5, 0.6) is 0 Å². The van der Waals surface area contributed by atoms with E-state index in [0.717, 1.165) is 0 Å². The molecule has 0 aliphatic rings. The van der Waals surface area contributed by atoms with Gasteiger partial charge in [0, 0.05) is 6.54 Å². The molecule has 0 aromatic carbocycles. The Labute approximate surface area is 175 Å². The summed E-state index contributed by atoms with van der Waals surface area (Å²) in [5.74, 6) is -6.11. The van der Waals surface area contributed by atoms with E-state index in [-0.39, 0.29) is 90.0 Å². The van der Waals surface area contributed by atoms with Crippen LogP contribution >= 0.6 is 7.82 Å². The van der Waals surface area contributed by atoms with E-state index in [1.807, 2.05) is 0 Å². The number of nitrogens with zero attached hydrogens (tertiary/aromatic N) is 1. The molecule has 11 nitrogen and oxygen atoms in total. The van der Waals surface area contributed by atoms with Gasteiger partial charge in [-0.05, 0) is 12.8 Å². The van der Waals surface area contributed by atoms with Crippen LogP contribution in [0.15, 0.2) is 0 Å². The summed E-state index contributed by atoms with van der Waals surface area (Å²) in [6.45, 7) is -1.39. The molecule has 0 fully saturated rings. The predicted octanol–water partition coefficient (Wildman–Crippen LogP) is -8.69. The van der Waals surface area contributed by atoms with Crippen molar-refractivity contribution in [2.24, 2.45) is 5.92 Å². The molecule has 0 aromatic heterocycles. The van der Waals surface area contributed by atoms with E-state index in [9.17, 15) is 34.2 Å². The molecule has 0 bridgehead atoms. The SMILES string of the molecule is O=C([O-])C(CCCCN(O)C(=O)COP(=O)([O-])O)C(=O)O.[Na+].[Na+]. The molecule has 0 radical (unpaired) electrons. The molecule has 0 aromatic rings. The third kappa shape index (κ3) is 14.5. The Morgan fingerprint density at radius 1 is 1.22 bits per heavy atom.